The van der Waals surface area contributed by atoms with Crippen molar-refractivity contribution < 1.29 is 14.3 Å². The number of hydrogen-bond donors (Lipinski definition) is 1. The zero-order valence-corrected chi connectivity index (χ0v) is 17.0. The summed E-state index contributed by atoms with van der Waals surface area (Å²) < 4.78 is 6.47. The summed E-state index contributed by atoms with van der Waals surface area (Å²) in [6.45, 7) is 4.04. The average molecular weight is 407 g/mol. The van der Waals surface area contributed by atoms with Gasteiger partial charge in [0.25, 0.3) is 0 Å². The molecule has 1 N–H and O–H groups in total. The summed E-state index contributed by atoms with van der Waals surface area (Å²) in [4.78, 5) is 30.9. The van der Waals surface area contributed by atoms with E-state index in [0.29, 0.717) is 11.7 Å². The number of rotatable bonds is 5. The lowest BCUT2D eigenvalue weighted by Crippen LogP contribution is -2.33. The first-order chi connectivity index (χ1) is 14.0. The molecule has 6 nitrogen and oxygen atoms in total. The molecule has 3 aromatic rings. The monoisotopic (exact) mass is 407 g/mol. The Hall–Kier alpha value is -3.19. The van der Waals surface area contributed by atoms with Gasteiger partial charge in [0, 0.05) is 13.1 Å². The van der Waals surface area contributed by atoms with Crippen molar-refractivity contribution in [1.29, 1.82) is 0 Å². The lowest BCUT2D eigenvalue weighted by molar-refractivity contribution is -0.129. The summed E-state index contributed by atoms with van der Waals surface area (Å²) >= 11 is 1.40. The van der Waals surface area contributed by atoms with Crippen LogP contribution >= 0.6 is 11.3 Å². The summed E-state index contributed by atoms with van der Waals surface area (Å²) in [6.07, 6.45) is 3.80. The number of thiazole rings is 1. The van der Waals surface area contributed by atoms with Crippen LogP contribution in [0.15, 0.2) is 48.7 Å². The third-order valence-electron chi connectivity index (χ3n) is 4.77. The van der Waals surface area contributed by atoms with Gasteiger partial charge in [-0.25, -0.2) is 4.98 Å². The molecule has 1 aliphatic heterocycles. The number of nitrogens with zero attached hydrogens (tertiary/aromatic N) is 2. The van der Waals surface area contributed by atoms with Gasteiger partial charge in [0.05, 0.1) is 29.3 Å². The van der Waals surface area contributed by atoms with Crippen molar-refractivity contribution in [2.45, 2.75) is 26.3 Å². The number of carbonyl (C=O) groups is 2. The van der Waals surface area contributed by atoms with E-state index in [2.05, 4.69) is 10.3 Å². The second-order valence-electron chi connectivity index (χ2n) is 6.72. The van der Waals surface area contributed by atoms with Crippen LogP contribution in [0.5, 0.6) is 5.75 Å². The van der Waals surface area contributed by atoms with E-state index in [0.717, 1.165) is 27.1 Å². The number of aromatic nitrogens is 1. The maximum Gasteiger partial charge on any atom is 0.228 e. The molecule has 0 spiro atoms. The number of anilines is 1. The van der Waals surface area contributed by atoms with E-state index in [4.69, 9.17) is 4.74 Å². The number of nitrogens with one attached hydrogen (secondary N) is 1. The van der Waals surface area contributed by atoms with Crippen LogP contribution in [-0.4, -0.2) is 28.3 Å². The van der Waals surface area contributed by atoms with Crippen molar-refractivity contribution in [2.75, 3.05) is 11.9 Å². The largest absolute Gasteiger partial charge is 0.494 e. The molecular formula is C22H21N3O3S. The van der Waals surface area contributed by atoms with Crippen LogP contribution in [0, 0.1) is 0 Å². The van der Waals surface area contributed by atoms with Crippen molar-refractivity contribution in [2.24, 2.45) is 0 Å². The third-order valence-corrected chi connectivity index (χ3v) is 5.70. The van der Waals surface area contributed by atoms with E-state index in [1.54, 1.807) is 11.1 Å². The molecule has 4 rings (SSSR count). The van der Waals surface area contributed by atoms with Gasteiger partial charge in [-0.2, -0.15) is 0 Å². The molecule has 2 aromatic carbocycles. The minimum absolute atomic E-state index is 0.100. The lowest BCUT2D eigenvalue weighted by atomic mass is 9.93. The number of benzene rings is 2. The van der Waals surface area contributed by atoms with Gasteiger partial charge >= 0.3 is 0 Å². The van der Waals surface area contributed by atoms with Gasteiger partial charge in [-0.1, -0.05) is 35.6 Å². The van der Waals surface area contributed by atoms with Crippen LogP contribution < -0.4 is 10.1 Å². The Morgan fingerprint density at radius 2 is 2.07 bits per heavy atom. The van der Waals surface area contributed by atoms with Crippen molar-refractivity contribution >= 4 is 44.6 Å². The molecule has 1 aromatic heterocycles. The Kier molecular flexibility index (Phi) is 5.31. The van der Waals surface area contributed by atoms with Gasteiger partial charge < -0.3 is 15.0 Å². The first-order valence-electron chi connectivity index (χ1n) is 9.44. The van der Waals surface area contributed by atoms with Crippen LogP contribution in [0.1, 0.15) is 37.4 Å². The van der Waals surface area contributed by atoms with E-state index < -0.39 is 0 Å². The van der Waals surface area contributed by atoms with Crippen molar-refractivity contribution in [3.63, 3.8) is 0 Å². The van der Waals surface area contributed by atoms with Crippen LogP contribution in [-0.2, 0) is 9.59 Å². The van der Waals surface area contributed by atoms with Crippen LogP contribution in [0.3, 0.4) is 0 Å². The van der Waals surface area contributed by atoms with E-state index in [1.165, 1.54) is 18.3 Å². The first kappa shape index (κ1) is 19.1. The lowest BCUT2D eigenvalue weighted by Gasteiger charge is -2.32. The Labute approximate surface area is 172 Å². The predicted molar refractivity (Wildman–Crippen MR) is 115 cm³/mol. The van der Waals surface area contributed by atoms with Gasteiger partial charge in [0.1, 0.15) is 5.75 Å². The Balaban J connectivity index is 1.53. The summed E-state index contributed by atoms with van der Waals surface area (Å²) in [5.41, 5.74) is 2.79. The number of fused-ring (bicyclic) bond motifs is 2. The fraction of sp³-hybridized carbons (Fsp3) is 0.227. The summed E-state index contributed by atoms with van der Waals surface area (Å²) in [7, 11) is 0. The normalized spacial score (nSPS) is 15.2. The highest BCUT2D eigenvalue weighted by molar-refractivity contribution is 7.22. The first-order valence-corrected chi connectivity index (χ1v) is 10.3. The Morgan fingerprint density at radius 3 is 2.86 bits per heavy atom. The second-order valence-corrected chi connectivity index (χ2v) is 7.75. The van der Waals surface area contributed by atoms with Crippen molar-refractivity contribution in [3.05, 3.63) is 59.8 Å². The van der Waals surface area contributed by atoms with Crippen LogP contribution in [0.2, 0.25) is 0 Å². The topological polar surface area (TPSA) is 71.5 Å². The minimum Gasteiger partial charge on any atom is -0.494 e. The molecule has 1 unspecified atom stereocenters. The highest BCUT2D eigenvalue weighted by Gasteiger charge is 2.28. The second kappa shape index (κ2) is 8.05. The molecule has 0 fully saturated rings. The van der Waals surface area contributed by atoms with Crippen molar-refractivity contribution in [3.8, 4) is 5.75 Å². The van der Waals surface area contributed by atoms with Crippen molar-refractivity contribution in [1.82, 2.24) is 9.88 Å². The summed E-state index contributed by atoms with van der Waals surface area (Å²) in [5.74, 6) is 0.497. The number of hydrogen-bond acceptors (Lipinski definition) is 5. The smallest absolute Gasteiger partial charge is 0.228 e. The molecule has 0 saturated heterocycles. The fourth-order valence-corrected chi connectivity index (χ4v) is 4.38. The minimum atomic E-state index is -0.340. The Morgan fingerprint density at radius 1 is 1.24 bits per heavy atom. The van der Waals surface area contributed by atoms with Crippen LogP contribution in [0.4, 0.5) is 5.13 Å². The van der Waals surface area contributed by atoms with Gasteiger partial charge in [0.2, 0.25) is 11.8 Å². The fourth-order valence-electron chi connectivity index (χ4n) is 3.47. The molecule has 148 valence electrons. The Bertz CT molecular complexity index is 1110. The number of amides is 2. The molecule has 7 heteroatoms. The molecule has 1 aliphatic rings. The standard InChI is InChI=1S/C22H21N3O3S/c1-3-28-16-8-9-18-20(12-16)29-22(23-18)24-21(27)13-19-17-7-5-4-6-15(17)10-11-25(19)14(2)26/h4-12,19H,3,13H2,1-2H3,(H,23,24,27). The van der Waals surface area contributed by atoms with Gasteiger partial charge in [0.15, 0.2) is 5.13 Å². The quantitative estimate of drug-likeness (QED) is 0.671. The molecule has 0 bridgehead atoms. The molecule has 0 radical (unpaired) electrons. The molecule has 2 heterocycles. The van der Waals surface area contributed by atoms with Crippen LogP contribution in [0.25, 0.3) is 16.3 Å². The predicted octanol–water partition coefficient (Wildman–Crippen LogP) is 4.60. The zero-order chi connectivity index (χ0) is 20.4. The SMILES string of the molecule is CCOc1ccc2nc(NC(=O)CC3c4ccccc4C=CN3C(C)=O)sc2c1. The highest BCUT2D eigenvalue weighted by Crippen LogP contribution is 2.34. The van der Waals surface area contributed by atoms with Gasteiger partial charge in [-0.05, 0) is 42.3 Å². The molecule has 0 aliphatic carbocycles. The third kappa shape index (κ3) is 4.00. The summed E-state index contributed by atoms with van der Waals surface area (Å²) in [6, 6.07) is 13.1. The molecule has 1 atom stereocenters. The van der Waals surface area contributed by atoms with E-state index >= 15 is 0 Å². The van der Waals surface area contributed by atoms with E-state index in [1.807, 2.05) is 55.5 Å². The van der Waals surface area contributed by atoms with E-state index in [9.17, 15) is 9.59 Å². The maximum atomic E-state index is 12.8. The molecule has 2 amide bonds. The maximum absolute atomic E-state index is 12.8. The van der Waals surface area contributed by atoms with Gasteiger partial charge in [-0.15, -0.1) is 0 Å². The van der Waals surface area contributed by atoms with E-state index in [-0.39, 0.29) is 24.3 Å². The highest BCUT2D eigenvalue weighted by atomic mass is 32.1. The number of ether oxygens (including phenoxy) is 1. The molecule has 0 saturated carbocycles. The zero-order valence-electron chi connectivity index (χ0n) is 16.2. The summed E-state index contributed by atoms with van der Waals surface area (Å²) in [5, 5.41) is 3.42. The molecule has 29 heavy (non-hydrogen) atoms. The number of carbonyl (C=O) groups excluding carboxylic acids is 2. The molecular weight excluding hydrogens is 386 g/mol. The van der Waals surface area contributed by atoms with Gasteiger partial charge in [-0.3, -0.25) is 9.59 Å². The average Bonchev–Trinajstić information content (AvgIpc) is 3.09.